The van der Waals surface area contributed by atoms with Crippen molar-refractivity contribution in [1.82, 2.24) is 15.6 Å². The topological polar surface area (TPSA) is 37.0 Å². The SMILES string of the molecule is Cc1cccnc1[C@@H]1CNCCN1. The van der Waals surface area contributed by atoms with Crippen LogP contribution in [0.15, 0.2) is 18.3 Å². The molecule has 2 rings (SSSR count). The Morgan fingerprint density at radius 1 is 1.46 bits per heavy atom. The number of hydrogen-bond acceptors (Lipinski definition) is 3. The lowest BCUT2D eigenvalue weighted by atomic mass is 10.1. The lowest BCUT2D eigenvalue weighted by molar-refractivity contribution is 0.422. The molecule has 0 radical (unpaired) electrons. The first-order valence-corrected chi connectivity index (χ1v) is 4.73. The third-order valence-corrected chi connectivity index (χ3v) is 2.42. The lowest BCUT2D eigenvalue weighted by Crippen LogP contribution is -2.43. The van der Waals surface area contributed by atoms with Gasteiger partial charge in [-0.25, -0.2) is 0 Å². The van der Waals surface area contributed by atoms with Crippen LogP contribution in [0.1, 0.15) is 17.3 Å². The van der Waals surface area contributed by atoms with Gasteiger partial charge in [-0.15, -0.1) is 0 Å². The minimum atomic E-state index is 0.384. The Morgan fingerprint density at radius 3 is 3.08 bits per heavy atom. The summed E-state index contributed by atoms with van der Waals surface area (Å²) >= 11 is 0. The van der Waals surface area contributed by atoms with Crippen LogP contribution in [0.25, 0.3) is 0 Å². The standard InChI is InChI=1S/C10H15N3/c1-8-3-2-4-13-10(8)9-7-11-5-6-12-9/h2-4,9,11-12H,5-7H2,1H3/t9-/m0/s1. The Kier molecular flexibility index (Phi) is 2.57. The molecular weight excluding hydrogens is 162 g/mol. The second-order valence-electron chi connectivity index (χ2n) is 3.42. The zero-order chi connectivity index (χ0) is 9.10. The third-order valence-electron chi connectivity index (χ3n) is 2.42. The summed E-state index contributed by atoms with van der Waals surface area (Å²) in [5, 5.41) is 6.81. The van der Waals surface area contributed by atoms with Gasteiger partial charge in [0, 0.05) is 25.8 Å². The molecule has 1 aliphatic rings. The summed E-state index contributed by atoms with van der Waals surface area (Å²) < 4.78 is 0. The molecule has 0 aliphatic carbocycles. The molecule has 0 saturated carbocycles. The van der Waals surface area contributed by atoms with E-state index in [1.165, 1.54) is 11.3 Å². The Labute approximate surface area is 78.6 Å². The van der Waals surface area contributed by atoms with Crippen LogP contribution < -0.4 is 10.6 Å². The van der Waals surface area contributed by atoms with Gasteiger partial charge in [0.2, 0.25) is 0 Å². The molecule has 0 spiro atoms. The van der Waals surface area contributed by atoms with E-state index in [0.29, 0.717) is 6.04 Å². The van der Waals surface area contributed by atoms with Crippen LogP contribution in [-0.2, 0) is 0 Å². The van der Waals surface area contributed by atoms with Gasteiger partial charge in [-0.2, -0.15) is 0 Å². The van der Waals surface area contributed by atoms with Crippen molar-refractivity contribution in [2.75, 3.05) is 19.6 Å². The molecule has 1 saturated heterocycles. The van der Waals surface area contributed by atoms with Crippen LogP contribution >= 0.6 is 0 Å². The highest BCUT2D eigenvalue weighted by Crippen LogP contribution is 2.14. The van der Waals surface area contributed by atoms with E-state index in [4.69, 9.17) is 0 Å². The fraction of sp³-hybridized carbons (Fsp3) is 0.500. The van der Waals surface area contributed by atoms with Crippen molar-refractivity contribution in [3.8, 4) is 0 Å². The Hall–Kier alpha value is -0.930. The summed E-state index contributed by atoms with van der Waals surface area (Å²) in [6.45, 7) is 5.18. The summed E-state index contributed by atoms with van der Waals surface area (Å²) in [5.74, 6) is 0. The fourth-order valence-electron chi connectivity index (χ4n) is 1.71. The highest BCUT2D eigenvalue weighted by molar-refractivity contribution is 5.21. The highest BCUT2D eigenvalue weighted by atomic mass is 15.1. The number of nitrogens with zero attached hydrogens (tertiary/aromatic N) is 1. The Balaban J connectivity index is 2.18. The zero-order valence-electron chi connectivity index (χ0n) is 7.88. The first kappa shape index (κ1) is 8.66. The Morgan fingerprint density at radius 2 is 2.38 bits per heavy atom. The van der Waals surface area contributed by atoms with E-state index in [9.17, 15) is 0 Å². The molecule has 2 heterocycles. The van der Waals surface area contributed by atoms with Gasteiger partial charge in [0.05, 0.1) is 11.7 Å². The second kappa shape index (κ2) is 3.85. The molecule has 1 atom stereocenters. The number of pyridine rings is 1. The minimum Gasteiger partial charge on any atom is -0.314 e. The van der Waals surface area contributed by atoms with Crippen LogP contribution in [0.5, 0.6) is 0 Å². The van der Waals surface area contributed by atoms with Gasteiger partial charge < -0.3 is 10.6 Å². The second-order valence-corrected chi connectivity index (χ2v) is 3.42. The maximum absolute atomic E-state index is 4.40. The van der Waals surface area contributed by atoms with E-state index < -0.39 is 0 Å². The molecule has 2 N–H and O–H groups in total. The molecule has 3 heteroatoms. The average molecular weight is 177 g/mol. The number of rotatable bonds is 1. The quantitative estimate of drug-likeness (QED) is 0.660. The van der Waals surface area contributed by atoms with Gasteiger partial charge in [0.25, 0.3) is 0 Å². The van der Waals surface area contributed by atoms with Crippen LogP contribution in [0.3, 0.4) is 0 Å². The first-order valence-electron chi connectivity index (χ1n) is 4.73. The molecule has 1 aliphatic heterocycles. The third kappa shape index (κ3) is 1.87. The van der Waals surface area contributed by atoms with Crippen molar-refractivity contribution >= 4 is 0 Å². The summed E-state index contributed by atoms with van der Waals surface area (Å²) in [5.41, 5.74) is 2.44. The number of aryl methyl sites for hydroxylation is 1. The number of piperazine rings is 1. The minimum absolute atomic E-state index is 0.384. The lowest BCUT2D eigenvalue weighted by Gasteiger charge is -2.24. The van der Waals surface area contributed by atoms with Gasteiger partial charge in [0.1, 0.15) is 0 Å². The van der Waals surface area contributed by atoms with Gasteiger partial charge in [0.15, 0.2) is 0 Å². The van der Waals surface area contributed by atoms with E-state index in [0.717, 1.165) is 19.6 Å². The van der Waals surface area contributed by atoms with Gasteiger partial charge in [-0.3, -0.25) is 4.98 Å². The maximum Gasteiger partial charge on any atom is 0.0624 e. The summed E-state index contributed by atoms with van der Waals surface area (Å²) in [7, 11) is 0. The molecule has 70 valence electrons. The van der Waals surface area contributed by atoms with Crippen molar-refractivity contribution in [2.45, 2.75) is 13.0 Å². The fourth-order valence-corrected chi connectivity index (χ4v) is 1.71. The summed E-state index contributed by atoms with van der Waals surface area (Å²) in [4.78, 5) is 4.40. The van der Waals surface area contributed by atoms with Crippen molar-refractivity contribution in [2.24, 2.45) is 0 Å². The van der Waals surface area contributed by atoms with E-state index in [1.807, 2.05) is 12.3 Å². The van der Waals surface area contributed by atoms with Gasteiger partial charge in [-0.1, -0.05) is 6.07 Å². The smallest absolute Gasteiger partial charge is 0.0624 e. The normalized spacial score (nSPS) is 23.0. The monoisotopic (exact) mass is 177 g/mol. The molecule has 0 unspecified atom stereocenters. The molecule has 3 nitrogen and oxygen atoms in total. The first-order chi connectivity index (χ1) is 6.38. The number of aromatic nitrogens is 1. The predicted molar refractivity (Wildman–Crippen MR) is 52.6 cm³/mol. The van der Waals surface area contributed by atoms with Gasteiger partial charge >= 0.3 is 0 Å². The van der Waals surface area contributed by atoms with Crippen LogP contribution in [0, 0.1) is 6.92 Å². The number of hydrogen-bond donors (Lipinski definition) is 2. The van der Waals surface area contributed by atoms with E-state index >= 15 is 0 Å². The van der Waals surface area contributed by atoms with Crippen LogP contribution in [-0.4, -0.2) is 24.6 Å². The van der Waals surface area contributed by atoms with Crippen molar-refractivity contribution in [3.05, 3.63) is 29.6 Å². The molecule has 13 heavy (non-hydrogen) atoms. The van der Waals surface area contributed by atoms with E-state index in [2.05, 4.69) is 28.6 Å². The molecule has 1 aromatic rings. The average Bonchev–Trinajstić information content (AvgIpc) is 2.20. The largest absolute Gasteiger partial charge is 0.314 e. The van der Waals surface area contributed by atoms with Gasteiger partial charge in [-0.05, 0) is 18.6 Å². The van der Waals surface area contributed by atoms with Crippen molar-refractivity contribution < 1.29 is 0 Å². The van der Waals surface area contributed by atoms with Crippen molar-refractivity contribution in [1.29, 1.82) is 0 Å². The van der Waals surface area contributed by atoms with Crippen molar-refractivity contribution in [3.63, 3.8) is 0 Å². The summed E-state index contributed by atoms with van der Waals surface area (Å²) in [6.07, 6.45) is 1.86. The van der Waals surface area contributed by atoms with Crippen LogP contribution in [0.4, 0.5) is 0 Å². The van der Waals surface area contributed by atoms with Crippen LogP contribution in [0.2, 0.25) is 0 Å². The number of nitrogens with one attached hydrogen (secondary N) is 2. The summed E-state index contributed by atoms with van der Waals surface area (Å²) in [6, 6.07) is 4.48. The molecule has 0 aromatic carbocycles. The molecule has 0 amide bonds. The zero-order valence-corrected chi connectivity index (χ0v) is 7.88. The highest BCUT2D eigenvalue weighted by Gasteiger charge is 2.16. The van der Waals surface area contributed by atoms with E-state index in [-0.39, 0.29) is 0 Å². The Bertz CT molecular complexity index is 279. The molecule has 0 bridgehead atoms. The molecule has 1 aromatic heterocycles. The molecular formula is C10H15N3. The van der Waals surface area contributed by atoms with E-state index in [1.54, 1.807) is 0 Å². The maximum atomic E-state index is 4.40. The molecule has 1 fully saturated rings. The predicted octanol–water partition coefficient (Wildman–Crippen LogP) is 0.624.